The molecule has 0 aromatic carbocycles. The van der Waals surface area contributed by atoms with Crippen LogP contribution in [0.3, 0.4) is 0 Å². The van der Waals surface area contributed by atoms with Crippen LogP contribution >= 0.6 is 0 Å². The maximum absolute atomic E-state index is 5.93. The molecule has 0 aromatic heterocycles. The van der Waals surface area contributed by atoms with E-state index in [1.54, 1.807) is 14.2 Å². The van der Waals surface area contributed by atoms with Gasteiger partial charge in [-0.25, -0.2) is 0 Å². The Bertz CT molecular complexity index is 207. The molecule has 0 aliphatic heterocycles. The lowest BCUT2D eigenvalue weighted by atomic mass is 10.2. The van der Waals surface area contributed by atoms with Crippen LogP contribution in [0.2, 0.25) is 12.1 Å². The highest BCUT2D eigenvalue weighted by molar-refractivity contribution is 6.64. The first-order chi connectivity index (χ1) is 10.2. The molecule has 0 aliphatic carbocycles. The van der Waals surface area contributed by atoms with Crippen LogP contribution in [0.25, 0.3) is 0 Å². The Balaban J connectivity index is 3.78. The summed E-state index contributed by atoms with van der Waals surface area (Å²) in [6.07, 6.45) is 6.90. The maximum atomic E-state index is 5.93. The Morgan fingerprint density at radius 2 is 1.14 bits per heavy atom. The number of unbranched alkanes of at least 4 members (excludes halogenated alkanes) is 4. The monoisotopic (exact) mass is 354 g/mol. The summed E-state index contributed by atoms with van der Waals surface area (Å²) < 4.78 is 22.7. The third-order valence-electron chi connectivity index (χ3n) is 3.25. The van der Waals surface area contributed by atoms with E-state index in [0.717, 1.165) is 38.0 Å². The van der Waals surface area contributed by atoms with Crippen LogP contribution in [0.1, 0.15) is 38.5 Å². The van der Waals surface area contributed by atoms with E-state index in [2.05, 4.69) is 0 Å². The minimum absolute atomic E-state index is 0.639. The molecule has 0 radical (unpaired) electrons. The van der Waals surface area contributed by atoms with E-state index in [1.165, 1.54) is 25.7 Å². The van der Waals surface area contributed by atoms with Crippen molar-refractivity contribution in [3.05, 3.63) is 0 Å². The van der Waals surface area contributed by atoms with Gasteiger partial charge in [0.2, 0.25) is 0 Å². The summed E-state index contributed by atoms with van der Waals surface area (Å²) in [4.78, 5) is 0. The van der Waals surface area contributed by atoms with Crippen LogP contribution in [0.5, 0.6) is 0 Å². The summed E-state index contributed by atoms with van der Waals surface area (Å²) in [5, 5.41) is 0. The predicted molar refractivity (Wildman–Crippen MR) is 94.5 cm³/mol. The zero-order valence-electron chi connectivity index (χ0n) is 13.8. The van der Waals surface area contributed by atoms with E-state index in [9.17, 15) is 0 Å². The maximum Gasteiger partial charge on any atom is 0.657 e. The first-order valence-corrected chi connectivity index (χ1v) is 12.8. The van der Waals surface area contributed by atoms with E-state index in [-0.39, 0.29) is 0 Å². The number of hydrogen-bond donors (Lipinski definition) is 2. The average Bonchev–Trinajstić information content (AvgIpc) is 2.52. The molecule has 0 aliphatic rings. The van der Waals surface area contributed by atoms with Crippen molar-refractivity contribution in [3.8, 4) is 0 Å². The number of nitrogens with two attached hydrogens (primary N) is 2. The lowest BCUT2D eigenvalue weighted by Crippen LogP contribution is -2.49. The summed E-state index contributed by atoms with van der Waals surface area (Å²) >= 11 is 0. The molecule has 0 bridgehead atoms. The largest absolute Gasteiger partial charge is 0.657 e. The molecule has 0 unspecified atom stereocenters. The predicted octanol–water partition coefficient (Wildman–Crippen LogP) is 0.0102. The third-order valence-corrected chi connectivity index (χ3v) is 10.3. The van der Waals surface area contributed by atoms with Gasteiger partial charge in [-0.2, -0.15) is 0 Å². The van der Waals surface area contributed by atoms with Crippen LogP contribution in [0.15, 0.2) is 0 Å². The lowest BCUT2D eigenvalue weighted by molar-refractivity contribution is 0.0859. The molecule has 0 saturated carbocycles. The first-order valence-electron chi connectivity index (χ1n) is 8.03. The van der Waals surface area contributed by atoms with Gasteiger partial charge in [0.1, 0.15) is 0 Å². The molecule has 0 rings (SSSR count). The average molecular weight is 355 g/mol. The normalized spacial score (nSPS) is 13.1. The minimum atomic E-state index is -2.81. The molecule has 0 atom stereocenters. The highest BCUT2D eigenvalue weighted by Crippen LogP contribution is 2.11. The minimum Gasteiger partial charge on any atom is -0.400 e. The Morgan fingerprint density at radius 3 is 1.48 bits per heavy atom. The van der Waals surface area contributed by atoms with Crippen molar-refractivity contribution in [2.24, 2.45) is 11.5 Å². The Morgan fingerprint density at radius 1 is 0.714 bits per heavy atom. The highest BCUT2D eigenvalue weighted by Gasteiger charge is 2.41. The van der Waals surface area contributed by atoms with Gasteiger partial charge in [-0.1, -0.05) is 25.7 Å². The van der Waals surface area contributed by atoms with Crippen LogP contribution in [0, 0.1) is 0 Å². The second-order valence-corrected chi connectivity index (χ2v) is 11.4. The second-order valence-electron chi connectivity index (χ2n) is 5.01. The van der Waals surface area contributed by atoms with E-state index in [1.807, 2.05) is 0 Å². The van der Waals surface area contributed by atoms with Crippen molar-refractivity contribution in [1.82, 2.24) is 0 Å². The molecule has 6 nitrogen and oxygen atoms in total. The molecule has 0 spiro atoms. The molecule has 9 heteroatoms. The molecule has 0 fully saturated rings. The van der Waals surface area contributed by atoms with E-state index in [0.29, 0.717) is 0 Å². The summed E-state index contributed by atoms with van der Waals surface area (Å²) in [5.74, 6) is 0. The van der Waals surface area contributed by atoms with Crippen molar-refractivity contribution >= 4 is 28.6 Å². The van der Waals surface area contributed by atoms with Crippen LogP contribution in [-0.4, -0.2) is 55.9 Å². The van der Waals surface area contributed by atoms with E-state index >= 15 is 0 Å². The van der Waals surface area contributed by atoms with E-state index in [4.69, 9.17) is 28.5 Å². The van der Waals surface area contributed by atoms with Crippen molar-refractivity contribution < 1.29 is 17.1 Å². The smallest absolute Gasteiger partial charge is 0.400 e. The standard InChI is InChI=1S/C12H34N2O4Si3/c1-15-21(16-2,17-19-11-7-3-5-9-13)18-20-12-8-4-6-10-14/h3-14,19-20H2,1-2H3. The Kier molecular flexibility index (Phi) is 15.6. The SMILES string of the molecule is CO[Si](OC)(O[SiH2]CCCCCN)O[SiH2]CCCCCN. The summed E-state index contributed by atoms with van der Waals surface area (Å²) in [6, 6.07) is 2.26. The number of rotatable bonds is 16. The molecule has 0 amide bonds. The van der Waals surface area contributed by atoms with Gasteiger partial charge in [0.05, 0.1) is 0 Å². The van der Waals surface area contributed by atoms with E-state index < -0.39 is 28.6 Å². The van der Waals surface area contributed by atoms with Gasteiger partial charge < -0.3 is 28.5 Å². The van der Waals surface area contributed by atoms with Crippen LogP contribution in [0.4, 0.5) is 0 Å². The third kappa shape index (κ3) is 11.6. The molecule has 0 aromatic rings. The second kappa shape index (κ2) is 15.3. The molecule has 21 heavy (non-hydrogen) atoms. The Labute approximate surface area is 135 Å². The molecular formula is C12H34N2O4Si3. The van der Waals surface area contributed by atoms with Gasteiger partial charge in [-0.05, 0) is 38.0 Å². The summed E-state index contributed by atoms with van der Waals surface area (Å²) in [6.45, 7) is 1.55. The molecule has 0 saturated heterocycles. The quantitative estimate of drug-likeness (QED) is 0.300. The molecular weight excluding hydrogens is 320 g/mol. The van der Waals surface area contributed by atoms with Crippen molar-refractivity contribution in [3.63, 3.8) is 0 Å². The fourth-order valence-electron chi connectivity index (χ4n) is 1.95. The van der Waals surface area contributed by atoms with Crippen molar-refractivity contribution in [1.29, 1.82) is 0 Å². The first kappa shape index (κ1) is 21.4. The van der Waals surface area contributed by atoms with Gasteiger partial charge in [-0.15, -0.1) is 0 Å². The van der Waals surface area contributed by atoms with Crippen LogP contribution < -0.4 is 11.5 Å². The zero-order chi connectivity index (χ0) is 15.8. The molecule has 128 valence electrons. The van der Waals surface area contributed by atoms with Crippen molar-refractivity contribution in [2.45, 2.75) is 50.6 Å². The van der Waals surface area contributed by atoms with Gasteiger partial charge in [0.25, 0.3) is 0 Å². The van der Waals surface area contributed by atoms with Gasteiger partial charge in [0, 0.05) is 14.2 Å². The number of hydrogen-bond acceptors (Lipinski definition) is 6. The van der Waals surface area contributed by atoms with Crippen molar-refractivity contribution in [2.75, 3.05) is 27.3 Å². The molecule has 4 N–H and O–H groups in total. The zero-order valence-corrected chi connectivity index (χ0v) is 17.6. The summed E-state index contributed by atoms with van der Waals surface area (Å²) in [5.41, 5.74) is 11.0. The fourth-order valence-corrected chi connectivity index (χ4v) is 9.36. The summed E-state index contributed by atoms with van der Waals surface area (Å²) in [7, 11) is -0.831. The van der Waals surface area contributed by atoms with Gasteiger partial charge in [0.15, 0.2) is 19.5 Å². The van der Waals surface area contributed by atoms with Gasteiger partial charge >= 0.3 is 9.05 Å². The lowest BCUT2D eigenvalue weighted by Gasteiger charge is -2.25. The fraction of sp³-hybridized carbons (Fsp3) is 1.00. The topological polar surface area (TPSA) is 89.0 Å². The Hall–Kier alpha value is 0.411. The molecule has 0 heterocycles. The van der Waals surface area contributed by atoms with Gasteiger partial charge in [-0.3, -0.25) is 0 Å². The van der Waals surface area contributed by atoms with Crippen LogP contribution in [-0.2, 0) is 17.1 Å². The highest BCUT2D eigenvalue weighted by atomic mass is 28.5.